The Bertz CT molecular complexity index is 1330. The van der Waals surface area contributed by atoms with Crippen molar-refractivity contribution in [2.75, 3.05) is 0 Å². The number of nitrogens with zero attached hydrogens (tertiary/aromatic N) is 4. The second-order valence-electron chi connectivity index (χ2n) is 6.87. The Morgan fingerprint density at radius 2 is 1.69 bits per heavy atom. The van der Waals surface area contributed by atoms with Crippen LogP contribution in [0.2, 0.25) is 0 Å². The summed E-state index contributed by atoms with van der Waals surface area (Å²) in [6.45, 7) is 1.98. The molecule has 0 amide bonds. The van der Waals surface area contributed by atoms with Crippen LogP contribution < -0.4 is 16.0 Å². The first kappa shape index (κ1) is 18.7. The van der Waals surface area contributed by atoms with Gasteiger partial charge < -0.3 is 4.74 Å². The molecule has 2 aromatic heterocycles. The van der Waals surface area contributed by atoms with E-state index >= 15 is 0 Å². The highest BCUT2D eigenvalue weighted by Crippen LogP contribution is 2.25. The number of hydrogen-bond acceptors (Lipinski definition) is 4. The number of aryl methyl sites for hydroxylation is 2. The van der Waals surface area contributed by atoms with Crippen LogP contribution in [0.1, 0.15) is 11.1 Å². The Morgan fingerprint density at radius 1 is 1.00 bits per heavy atom. The number of rotatable bonds is 4. The molecule has 0 bridgehead atoms. The smallest absolute Gasteiger partial charge is 0.332 e. The van der Waals surface area contributed by atoms with Crippen LogP contribution in [0, 0.1) is 12.7 Å². The van der Waals surface area contributed by atoms with Crippen molar-refractivity contribution in [1.82, 2.24) is 18.7 Å². The lowest BCUT2D eigenvalue weighted by Gasteiger charge is -2.11. The topological polar surface area (TPSA) is 71.1 Å². The number of hydrogen-bond donors (Lipinski definition) is 0. The maximum atomic E-state index is 14.3. The van der Waals surface area contributed by atoms with Gasteiger partial charge in [-0.3, -0.25) is 18.5 Å². The van der Waals surface area contributed by atoms with Crippen LogP contribution in [0.5, 0.6) is 11.8 Å². The predicted octanol–water partition coefficient (Wildman–Crippen LogP) is 2.72. The Kier molecular flexibility index (Phi) is 4.54. The summed E-state index contributed by atoms with van der Waals surface area (Å²) in [5.74, 6) is 0.111. The van der Waals surface area contributed by atoms with E-state index in [0.29, 0.717) is 11.3 Å². The van der Waals surface area contributed by atoms with E-state index in [2.05, 4.69) is 4.98 Å². The molecule has 29 heavy (non-hydrogen) atoms. The summed E-state index contributed by atoms with van der Waals surface area (Å²) >= 11 is 0. The van der Waals surface area contributed by atoms with Crippen LogP contribution in [0.4, 0.5) is 4.39 Å². The van der Waals surface area contributed by atoms with Crippen molar-refractivity contribution in [3.63, 3.8) is 0 Å². The van der Waals surface area contributed by atoms with Crippen molar-refractivity contribution in [2.45, 2.75) is 13.5 Å². The van der Waals surface area contributed by atoms with Crippen LogP contribution in [0.3, 0.4) is 0 Å². The lowest BCUT2D eigenvalue weighted by molar-refractivity contribution is 0.419. The molecular formula is C21H19FN4O3. The number of imidazole rings is 1. The molecular weight excluding hydrogens is 375 g/mol. The molecule has 2 aromatic carbocycles. The van der Waals surface area contributed by atoms with E-state index in [9.17, 15) is 14.0 Å². The maximum absolute atomic E-state index is 14.3. The first-order chi connectivity index (χ1) is 13.9. The van der Waals surface area contributed by atoms with Crippen molar-refractivity contribution in [3.8, 4) is 11.8 Å². The molecule has 4 rings (SSSR count). The molecule has 0 saturated heterocycles. The summed E-state index contributed by atoms with van der Waals surface area (Å²) in [5.41, 5.74) is 0.757. The van der Waals surface area contributed by atoms with Crippen molar-refractivity contribution >= 4 is 11.2 Å². The molecule has 0 aliphatic carbocycles. The SMILES string of the molecule is Cc1ccc(Oc2nc3c(c(=O)n(C)c(=O)n3C)n2Cc2ccccc2F)cc1. The fraction of sp³-hybridized carbons (Fsp3) is 0.190. The van der Waals surface area contributed by atoms with Gasteiger partial charge in [-0.15, -0.1) is 0 Å². The number of aromatic nitrogens is 4. The first-order valence-electron chi connectivity index (χ1n) is 9.01. The molecule has 0 N–H and O–H groups in total. The molecule has 0 saturated carbocycles. The highest BCUT2D eigenvalue weighted by Gasteiger charge is 2.21. The summed E-state index contributed by atoms with van der Waals surface area (Å²) < 4.78 is 24.0. The maximum Gasteiger partial charge on any atom is 0.332 e. The fourth-order valence-electron chi connectivity index (χ4n) is 3.16. The van der Waals surface area contributed by atoms with Gasteiger partial charge in [0.05, 0.1) is 6.54 Å². The van der Waals surface area contributed by atoms with Crippen molar-refractivity contribution in [1.29, 1.82) is 0 Å². The van der Waals surface area contributed by atoms with E-state index in [1.807, 2.05) is 19.1 Å². The molecule has 4 aromatic rings. The Labute approximate surface area is 165 Å². The lowest BCUT2D eigenvalue weighted by Crippen LogP contribution is -2.37. The fourth-order valence-corrected chi connectivity index (χ4v) is 3.16. The lowest BCUT2D eigenvalue weighted by atomic mass is 10.2. The molecule has 0 aliphatic heterocycles. The van der Waals surface area contributed by atoms with E-state index < -0.39 is 17.1 Å². The molecule has 0 spiro atoms. The van der Waals surface area contributed by atoms with E-state index in [1.54, 1.807) is 30.3 Å². The predicted molar refractivity (Wildman–Crippen MR) is 107 cm³/mol. The third-order valence-corrected chi connectivity index (χ3v) is 4.83. The van der Waals surface area contributed by atoms with Crippen LogP contribution >= 0.6 is 0 Å². The summed E-state index contributed by atoms with van der Waals surface area (Å²) in [7, 11) is 2.92. The molecule has 7 nitrogen and oxygen atoms in total. The van der Waals surface area contributed by atoms with Gasteiger partial charge >= 0.3 is 11.7 Å². The second-order valence-corrected chi connectivity index (χ2v) is 6.87. The third kappa shape index (κ3) is 3.22. The summed E-state index contributed by atoms with van der Waals surface area (Å²) in [4.78, 5) is 29.5. The normalized spacial score (nSPS) is 11.2. The quantitative estimate of drug-likeness (QED) is 0.534. The van der Waals surface area contributed by atoms with Crippen molar-refractivity contribution in [3.05, 3.63) is 86.3 Å². The standard InChI is InChI=1S/C21H19FN4O3/c1-13-8-10-15(11-9-13)29-20-23-18-17(19(27)25(3)21(28)24(18)2)26(20)12-14-6-4-5-7-16(14)22/h4-11H,12H2,1-3H3. The highest BCUT2D eigenvalue weighted by molar-refractivity contribution is 5.72. The molecule has 0 aliphatic rings. The Hall–Kier alpha value is -3.68. The minimum absolute atomic E-state index is 0.0256. The average molecular weight is 394 g/mol. The van der Waals surface area contributed by atoms with Gasteiger partial charge in [-0.05, 0) is 25.1 Å². The zero-order valence-corrected chi connectivity index (χ0v) is 16.2. The molecule has 0 unspecified atom stereocenters. The van der Waals surface area contributed by atoms with Gasteiger partial charge in [-0.1, -0.05) is 35.9 Å². The van der Waals surface area contributed by atoms with Crippen LogP contribution in [-0.2, 0) is 20.6 Å². The van der Waals surface area contributed by atoms with Gasteiger partial charge in [-0.25, -0.2) is 9.18 Å². The zero-order valence-electron chi connectivity index (χ0n) is 16.2. The number of fused-ring (bicyclic) bond motifs is 1. The van der Waals surface area contributed by atoms with E-state index in [-0.39, 0.29) is 23.7 Å². The van der Waals surface area contributed by atoms with E-state index in [1.165, 1.54) is 29.3 Å². The molecule has 148 valence electrons. The first-order valence-corrected chi connectivity index (χ1v) is 9.01. The van der Waals surface area contributed by atoms with Gasteiger partial charge in [-0.2, -0.15) is 4.98 Å². The number of benzene rings is 2. The van der Waals surface area contributed by atoms with Crippen LogP contribution in [0.15, 0.2) is 58.1 Å². The van der Waals surface area contributed by atoms with Gasteiger partial charge in [0.25, 0.3) is 5.56 Å². The van der Waals surface area contributed by atoms with Gasteiger partial charge in [0, 0.05) is 19.7 Å². The van der Waals surface area contributed by atoms with Crippen molar-refractivity contribution < 1.29 is 9.13 Å². The van der Waals surface area contributed by atoms with Gasteiger partial charge in [0.15, 0.2) is 11.2 Å². The van der Waals surface area contributed by atoms with Crippen molar-refractivity contribution in [2.24, 2.45) is 14.1 Å². The Balaban J connectivity index is 1.96. The third-order valence-electron chi connectivity index (χ3n) is 4.83. The molecule has 8 heteroatoms. The minimum Gasteiger partial charge on any atom is -0.425 e. The molecule has 0 fully saturated rings. The largest absolute Gasteiger partial charge is 0.425 e. The highest BCUT2D eigenvalue weighted by atomic mass is 19.1. The number of ether oxygens (including phenoxy) is 1. The minimum atomic E-state index is -0.523. The van der Waals surface area contributed by atoms with Gasteiger partial charge in [0.1, 0.15) is 11.6 Å². The average Bonchev–Trinajstić information content (AvgIpc) is 3.06. The summed E-state index contributed by atoms with van der Waals surface area (Å²) in [6, 6.07) is 13.7. The summed E-state index contributed by atoms with van der Waals surface area (Å²) in [5, 5.41) is 0. The van der Waals surface area contributed by atoms with Crippen LogP contribution in [-0.4, -0.2) is 18.7 Å². The molecule has 2 heterocycles. The Morgan fingerprint density at radius 3 is 2.38 bits per heavy atom. The zero-order chi connectivity index (χ0) is 20.7. The second kappa shape index (κ2) is 7.05. The molecule has 0 radical (unpaired) electrons. The van der Waals surface area contributed by atoms with E-state index in [4.69, 9.17) is 4.74 Å². The summed E-state index contributed by atoms with van der Waals surface area (Å²) in [6.07, 6.45) is 0. The van der Waals surface area contributed by atoms with E-state index in [0.717, 1.165) is 10.1 Å². The number of halogens is 1. The monoisotopic (exact) mass is 394 g/mol. The van der Waals surface area contributed by atoms with Crippen LogP contribution in [0.25, 0.3) is 11.2 Å². The molecule has 0 atom stereocenters. The van der Waals surface area contributed by atoms with Gasteiger partial charge in [0.2, 0.25) is 0 Å².